The summed E-state index contributed by atoms with van der Waals surface area (Å²) >= 11 is 0. The number of carbonyl (C=O) groups excluding carboxylic acids is 1. The maximum Gasteiger partial charge on any atom is 0.272 e. The number of carbonyl (C=O) groups is 1. The van der Waals surface area contributed by atoms with Crippen LogP contribution in [-0.4, -0.2) is 28.4 Å². The van der Waals surface area contributed by atoms with E-state index in [4.69, 9.17) is 5.84 Å². The molecule has 1 aromatic carbocycles. The van der Waals surface area contributed by atoms with E-state index in [1.165, 1.54) is 0 Å². The predicted molar refractivity (Wildman–Crippen MR) is 79.3 cm³/mol. The van der Waals surface area contributed by atoms with Gasteiger partial charge in [-0.2, -0.15) is 0 Å². The third-order valence-electron chi connectivity index (χ3n) is 3.69. The summed E-state index contributed by atoms with van der Waals surface area (Å²) in [4.78, 5) is 18.8. The number of rotatable bonds is 4. The standard InChI is InChI=1S/C15H18N4O/c1-2-19(11-7-8-11)15(20)13-9-10-5-3-4-6-12(10)14(17-13)18-16/h3-6,9,11H,2,7-8,16H2,1H3,(H,17,18). The molecule has 104 valence electrons. The summed E-state index contributed by atoms with van der Waals surface area (Å²) in [6.07, 6.45) is 2.18. The Balaban J connectivity index is 2.04. The normalized spacial score (nSPS) is 14.3. The molecule has 1 aliphatic rings. The molecule has 2 aromatic rings. The number of nitrogen functional groups attached to an aromatic ring is 1. The van der Waals surface area contributed by atoms with Crippen molar-refractivity contribution in [2.45, 2.75) is 25.8 Å². The highest BCUT2D eigenvalue weighted by atomic mass is 16.2. The molecule has 0 radical (unpaired) electrons. The molecular weight excluding hydrogens is 252 g/mol. The van der Waals surface area contributed by atoms with Crippen LogP contribution >= 0.6 is 0 Å². The van der Waals surface area contributed by atoms with E-state index in [2.05, 4.69) is 10.4 Å². The lowest BCUT2D eigenvalue weighted by Gasteiger charge is -2.20. The average molecular weight is 270 g/mol. The van der Waals surface area contributed by atoms with Crippen LogP contribution in [-0.2, 0) is 0 Å². The van der Waals surface area contributed by atoms with E-state index >= 15 is 0 Å². The Morgan fingerprint density at radius 1 is 1.45 bits per heavy atom. The predicted octanol–water partition coefficient (Wildman–Crippen LogP) is 2.14. The van der Waals surface area contributed by atoms with Gasteiger partial charge in [0.2, 0.25) is 0 Å². The highest BCUT2D eigenvalue weighted by Crippen LogP contribution is 2.29. The lowest BCUT2D eigenvalue weighted by molar-refractivity contribution is 0.0747. The molecule has 1 aromatic heterocycles. The molecule has 20 heavy (non-hydrogen) atoms. The molecule has 0 saturated heterocycles. The van der Waals surface area contributed by atoms with Gasteiger partial charge in [0.25, 0.3) is 5.91 Å². The highest BCUT2D eigenvalue weighted by molar-refractivity contribution is 6.00. The molecule has 0 aliphatic heterocycles. The monoisotopic (exact) mass is 270 g/mol. The number of aromatic nitrogens is 1. The van der Waals surface area contributed by atoms with Crippen LogP contribution in [0.5, 0.6) is 0 Å². The Morgan fingerprint density at radius 2 is 2.20 bits per heavy atom. The molecule has 3 N–H and O–H groups in total. The Labute approximate surface area is 117 Å². The zero-order valence-corrected chi connectivity index (χ0v) is 11.5. The number of nitrogens with zero attached hydrogens (tertiary/aromatic N) is 2. The molecule has 1 aliphatic carbocycles. The van der Waals surface area contributed by atoms with E-state index in [1.54, 1.807) is 0 Å². The second-order valence-electron chi connectivity index (χ2n) is 5.04. The molecule has 5 nitrogen and oxygen atoms in total. The lowest BCUT2D eigenvalue weighted by Crippen LogP contribution is -2.33. The van der Waals surface area contributed by atoms with Crippen LogP contribution in [0.1, 0.15) is 30.3 Å². The van der Waals surface area contributed by atoms with Crippen LogP contribution < -0.4 is 11.3 Å². The number of nitrogens with two attached hydrogens (primary N) is 1. The van der Waals surface area contributed by atoms with Crippen LogP contribution in [0.4, 0.5) is 5.82 Å². The number of nitrogens with one attached hydrogen (secondary N) is 1. The number of fused-ring (bicyclic) bond motifs is 1. The van der Waals surface area contributed by atoms with Gasteiger partial charge < -0.3 is 10.3 Å². The summed E-state index contributed by atoms with van der Waals surface area (Å²) in [5.41, 5.74) is 3.03. The third-order valence-corrected chi connectivity index (χ3v) is 3.69. The summed E-state index contributed by atoms with van der Waals surface area (Å²) in [5, 5.41) is 1.88. The SMILES string of the molecule is CCN(C(=O)c1cc2ccccc2c(NN)n1)C1CC1. The van der Waals surface area contributed by atoms with Crippen molar-refractivity contribution in [3.63, 3.8) is 0 Å². The van der Waals surface area contributed by atoms with Crippen molar-refractivity contribution < 1.29 is 4.79 Å². The topological polar surface area (TPSA) is 71.2 Å². The van der Waals surface area contributed by atoms with Gasteiger partial charge in [-0.05, 0) is 31.2 Å². The molecule has 0 atom stereocenters. The fraction of sp³-hybridized carbons (Fsp3) is 0.333. The van der Waals surface area contributed by atoms with Crippen molar-refractivity contribution >= 4 is 22.5 Å². The van der Waals surface area contributed by atoms with E-state index in [-0.39, 0.29) is 5.91 Å². The van der Waals surface area contributed by atoms with Crippen LogP contribution in [0.15, 0.2) is 30.3 Å². The first-order chi connectivity index (χ1) is 9.74. The zero-order chi connectivity index (χ0) is 14.1. The summed E-state index contributed by atoms with van der Waals surface area (Å²) in [7, 11) is 0. The lowest BCUT2D eigenvalue weighted by atomic mass is 10.1. The molecule has 0 spiro atoms. The maximum atomic E-state index is 12.6. The Kier molecular flexibility index (Phi) is 3.28. The van der Waals surface area contributed by atoms with E-state index < -0.39 is 0 Å². The molecule has 0 unspecified atom stereocenters. The Hall–Kier alpha value is -2.14. The molecule has 1 amide bonds. The van der Waals surface area contributed by atoms with Crippen molar-refractivity contribution in [1.82, 2.24) is 9.88 Å². The van der Waals surface area contributed by atoms with E-state index in [9.17, 15) is 4.79 Å². The van der Waals surface area contributed by atoms with Crippen LogP contribution in [0.25, 0.3) is 10.8 Å². The van der Waals surface area contributed by atoms with Gasteiger partial charge in [-0.1, -0.05) is 24.3 Å². The smallest absolute Gasteiger partial charge is 0.272 e. The second-order valence-corrected chi connectivity index (χ2v) is 5.04. The highest BCUT2D eigenvalue weighted by Gasteiger charge is 2.32. The van der Waals surface area contributed by atoms with Crippen molar-refractivity contribution in [3.05, 3.63) is 36.0 Å². The van der Waals surface area contributed by atoms with Gasteiger partial charge in [-0.25, -0.2) is 10.8 Å². The average Bonchev–Trinajstić information content (AvgIpc) is 3.31. The summed E-state index contributed by atoms with van der Waals surface area (Å²) < 4.78 is 0. The zero-order valence-electron chi connectivity index (χ0n) is 11.5. The van der Waals surface area contributed by atoms with E-state index in [1.807, 2.05) is 42.2 Å². The number of hydrogen-bond donors (Lipinski definition) is 2. The van der Waals surface area contributed by atoms with Gasteiger partial charge in [0.05, 0.1) is 0 Å². The van der Waals surface area contributed by atoms with Gasteiger partial charge in [-0.15, -0.1) is 0 Å². The number of hydrogen-bond acceptors (Lipinski definition) is 4. The summed E-state index contributed by atoms with van der Waals surface area (Å²) in [5.74, 6) is 6.05. The number of hydrazine groups is 1. The molecule has 3 rings (SSSR count). The van der Waals surface area contributed by atoms with Gasteiger partial charge in [0.1, 0.15) is 11.5 Å². The number of amides is 1. The van der Waals surface area contributed by atoms with Crippen LogP contribution in [0, 0.1) is 0 Å². The van der Waals surface area contributed by atoms with Gasteiger partial charge in [0, 0.05) is 18.0 Å². The number of anilines is 1. The molecular formula is C15H18N4O. The van der Waals surface area contributed by atoms with Crippen LogP contribution in [0.3, 0.4) is 0 Å². The quantitative estimate of drug-likeness (QED) is 0.659. The molecule has 5 heteroatoms. The van der Waals surface area contributed by atoms with Gasteiger partial charge in [0.15, 0.2) is 0 Å². The first-order valence-corrected chi connectivity index (χ1v) is 6.92. The Bertz CT molecular complexity index is 651. The number of pyridine rings is 1. The Morgan fingerprint density at radius 3 is 2.85 bits per heavy atom. The summed E-state index contributed by atoms with van der Waals surface area (Å²) in [6.45, 7) is 2.71. The fourth-order valence-electron chi connectivity index (χ4n) is 2.52. The first-order valence-electron chi connectivity index (χ1n) is 6.92. The maximum absolute atomic E-state index is 12.6. The van der Waals surface area contributed by atoms with E-state index in [0.29, 0.717) is 24.1 Å². The van der Waals surface area contributed by atoms with Crippen molar-refractivity contribution in [1.29, 1.82) is 0 Å². The minimum atomic E-state index is -0.0164. The molecule has 1 heterocycles. The van der Waals surface area contributed by atoms with E-state index in [0.717, 1.165) is 23.6 Å². The number of benzene rings is 1. The van der Waals surface area contributed by atoms with Crippen molar-refractivity contribution in [2.24, 2.45) is 5.84 Å². The fourth-order valence-corrected chi connectivity index (χ4v) is 2.52. The van der Waals surface area contributed by atoms with Gasteiger partial charge >= 0.3 is 0 Å². The minimum absolute atomic E-state index is 0.0164. The molecule has 0 bridgehead atoms. The molecule has 1 saturated carbocycles. The summed E-state index contributed by atoms with van der Waals surface area (Å²) in [6, 6.07) is 9.98. The minimum Gasteiger partial charge on any atom is -0.335 e. The first kappa shape index (κ1) is 12.9. The van der Waals surface area contributed by atoms with Crippen molar-refractivity contribution in [3.8, 4) is 0 Å². The van der Waals surface area contributed by atoms with Crippen molar-refractivity contribution in [2.75, 3.05) is 12.0 Å². The van der Waals surface area contributed by atoms with Gasteiger partial charge in [-0.3, -0.25) is 4.79 Å². The third kappa shape index (κ3) is 2.20. The van der Waals surface area contributed by atoms with Crippen LogP contribution in [0.2, 0.25) is 0 Å². The molecule has 1 fully saturated rings. The largest absolute Gasteiger partial charge is 0.335 e. The second kappa shape index (κ2) is 5.09.